The van der Waals surface area contributed by atoms with Crippen LogP contribution in [0.15, 0.2) is 116 Å². The molecular weight excluding hydrogens is 490 g/mol. The molecule has 1 aliphatic heterocycles. The van der Waals surface area contributed by atoms with Crippen LogP contribution in [0.2, 0.25) is 0 Å². The van der Waals surface area contributed by atoms with E-state index in [0.717, 1.165) is 33.4 Å². The van der Waals surface area contributed by atoms with Gasteiger partial charge in [0.2, 0.25) is 5.91 Å². The maximum atomic E-state index is 13.1. The number of nitrogens with zero attached hydrogens (tertiary/aromatic N) is 3. The van der Waals surface area contributed by atoms with Crippen LogP contribution in [0, 0.1) is 0 Å². The van der Waals surface area contributed by atoms with Crippen LogP contribution in [0.1, 0.15) is 29.8 Å². The molecule has 5 aromatic rings. The quantitative estimate of drug-likeness (QED) is 0.258. The van der Waals surface area contributed by atoms with Crippen molar-refractivity contribution < 1.29 is 4.79 Å². The Balaban J connectivity index is 1.25. The van der Waals surface area contributed by atoms with Crippen LogP contribution in [0.3, 0.4) is 0 Å². The zero-order valence-electron chi connectivity index (χ0n) is 20.7. The number of hydrogen-bond donors (Lipinski definition) is 2. The number of benzene rings is 3. The summed E-state index contributed by atoms with van der Waals surface area (Å²) < 4.78 is 2.11. The largest absolute Gasteiger partial charge is 0.352 e. The Bertz CT molecular complexity index is 1580. The van der Waals surface area contributed by atoms with Gasteiger partial charge in [0.05, 0.1) is 17.8 Å². The van der Waals surface area contributed by atoms with E-state index < -0.39 is 0 Å². The van der Waals surface area contributed by atoms with E-state index in [1.54, 1.807) is 6.20 Å². The third-order valence-electron chi connectivity index (χ3n) is 6.95. The molecular formula is C31H27N5OS. The Morgan fingerprint density at radius 2 is 1.71 bits per heavy atom. The molecule has 3 heterocycles. The first-order chi connectivity index (χ1) is 18.7. The standard InChI is InChI=1S/C31H27N5OS/c37-28(33-26-15-8-10-22-9-4-5-13-25(22)26)17-20-36-30(29(34-31(36)38)27-14-6-7-18-32-27)23-16-19-35(21-23)24-11-2-1-3-12-24/h1-16,18-19,21,29-30H,17,20H2,(H,33,37)(H,34,38). The Kier molecular flexibility index (Phi) is 6.58. The molecule has 188 valence electrons. The molecule has 1 amide bonds. The zero-order chi connectivity index (χ0) is 25.9. The normalized spacial score (nSPS) is 16.9. The second kappa shape index (κ2) is 10.5. The lowest BCUT2D eigenvalue weighted by atomic mass is 9.99. The van der Waals surface area contributed by atoms with Gasteiger partial charge in [0, 0.05) is 48.3 Å². The van der Waals surface area contributed by atoms with Gasteiger partial charge in [-0.1, -0.05) is 60.7 Å². The average molecular weight is 518 g/mol. The summed E-state index contributed by atoms with van der Waals surface area (Å²) in [6, 6.07) is 32.0. The number of pyridine rings is 1. The maximum Gasteiger partial charge on any atom is 0.226 e. The average Bonchev–Trinajstić information content (AvgIpc) is 3.57. The molecule has 38 heavy (non-hydrogen) atoms. The lowest BCUT2D eigenvalue weighted by Gasteiger charge is -2.27. The smallest absolute Gasteiger partial charge is 0.226 e. The van der Waals surface area contributed by atoms with Crippen molar-refractivity contribution in [3.63, 3.8) is 0 Å². The number of fused-ring (bicyclic) bond motifs is 1. The van der Waals surface area contributed by atoms with Gasteiger partial charge < -0.3 is 20.1 Å². The molecule has 0 aliphatic carbocycles. The lowest BCUT2D eigenvalue weighted by Crippen LogP contribution is -2.32. The van der Waals surface area contributed by atoms with E-state index in [1.807, 2.05) is 78.9 Å². The summed E-state index contributed by atoms with van der Waals surface area (Å²) in [7, 11) is 0. The number of hydrogen-bond acceptors (Lipinski definition) is 3. The van der Waals surface area contributed by atoms with Gasteiger partial charge in [-0.3, -0.25) is 9.78 Å². The molecule has 2 atom stereocenters. The highest BCUT2D eigenvalue weighted by Gasteiger charge is 2.40. The van der Waals surface area contributed by atoms with Crippen molar-refractivity contribution in [3.8, 4) is 5.69 Å². The van der Waals surface area contributed by atoms with Crippen molar-refractivity contribution in [2.45, 2.75) is 18.5 Å². The van der Waals surface area contributed by atoms with E-state index in [1.165, 1.54) is 0 Å². The molecule has 0 bridgehead atoms. The van der Waals surface area contributed by atoms with Crippen LogP contribution in [0.5, 0.6) is 0 Å². The summed E-state index contributed by atoms with van der Waals surface area (Å²) in [5.41, 5.74) is 3.92. The number of carbonyl (C=O) groups is 1. The first kappa shape index (κ1) is 23.9. The Morgan fingerprint density at radius 1 is 0.921 bits per heavy atom. The fraction of sp³-hybridized carbons (Fsp3) is 0.129. The first-order valence-electron chi connectivity index (χ1n) is 12.7. The second-order valence-corrected chi connectivity index (χ2v) is 9.72. The van der Waals surface area contributed by atoms with Gasteiger partial charge in [0.25, 0.3) is 0 Å². The predicted octanol–water partition coefficient (Wildman–Crippen LogP) is 6.03. The zero-order valence-corrected chi connectivity index (χ0v) is 21.5. The second-order valence-electron chi connectivity index (χ2n) is 9.33. The molecule has 2 aromatic heterocycles. The number of nitrogens with one attached hydrogen (secondary N) is 2. The minimum atomic E-state index is -0.128. The summed E-state index contributed by atoms with van der Waals surface area (Å²) in [5.74, 6) is -0.0500. The molecule has 3 aromatic carbocycles. The van der Waals surface area contributed by atoms with Crippen LogP contribution in [0.4, 0.5) is 5.69 Å². The number of carbonyl (C=O) groups excluding carboxylic acids is 1. The van der Waals surface area contributed by atoms with Crippen LogP contribution in [0.25, 0.3) is 16.5 Å². The minimum absolute atomic E-state index is 0.0500. The highest BCUT2D eigenvalue weighted by Crippen LogP contribution is 2.39. The fourth-order valence-electron chi connectivity index (χ4n) is 5.13. The van der Waals surface area contributed by atoms with Gasteiger partial charge in [-0.05, 0) is 59.6 Å². The minimum Gasteiger partial charge on any atom is -0.352 e. The van der Waals surface area contributed by atoms with E-state index in [4.69, 9.17) is 12.2 Å². The van der Waals surface area contributed by atoms with E-state index in [-0.39, 0.29) is 18.0 Å². The van der Waals surface area contributed by atoms with Gasteiger partial charge in [-0.15, -0.1) is 0 Å². The molecule has 6 nitrogen and oxygen atoms in total. The molecule has 0 radical (unpaired) electrons. The SMILES string of the molecule is O=C(CCN1C(=S)NC(c2ccccn2)C1c1ccn(-c2ccccc2)c1)Nc1cccc2ccccc12. The van der Waals surface area contributed by atoms with Crippen molar-refractivity contribution in [1.82, 2.24) is 19.8 Å². The maximum absolute atomic E-state index is 13.1. The summed E-state index contributed by atoms with van der Waals surface area (Å²) >= 11 is 5.79. The molecule has 1 fully saturated rings. The van der Waals surface area contributed by atoms with Crippen LogP contribution < -0.4 is 10.6 Å². The monoisotopic (exact) mass is 517 g/mol. The third kappa shape index (κ3) is 4.76. The lowest BCUT2D eigenvalue weighted by molar-refractivity contribution is -0.116. The molecule has 7 heteroatoms. The van der Waals surface area contributed by atoms with Crippen molar-refractivity contribution in [3.05, 3.63) is 127 Å². The number of aromatic nitrogens is 2. The Labute approximate surface area is 226 Å². The fourth-order valence-corrected chi connectivity index (χ4v) is 5.46. The molecule has 1 saturated heterocycles. The molecule has 1 aliphatic rings. The van der Waals surface area contributed by atoms with Gasteiger partial charge in [-0.2, -0.15) is 0 Å². The van der Waals surface area contributed by atoms with Gasteiger partial charge >= 0.3 is 0 Å². The van der Waals surface area contributed by atoms with E-state index in [9.17, 15) is 4.79 Å². The van der Waals surface area contributed by atoms with E-state index in [0.29, 0.717) is 18.1 Å². The summed E-state index contributed by atoms with van der Waals surface area (Å²) in [5, 5.41) is 9.31. The molecule has 2 unspecified atom stereocenters. The summed E-state index contributed by atoms with van der Waals surface area (Å²) in [4.78, 5) is 19.8. The predicted molar refractivity (Wildman–Crippen MR) is 155 cm³/mol. The van der Waals surface area contributed by atoms with Crippen molar-refractivity contribution in [2.24, 2.45) is 0 Å². The number of anilines is 1. The topological polar surface area (TPSA) is 62.2 Å². The van der Waals surface area contributed by atoms with Crippen LogP contribution >= 0.6 is 12.2 Å². The van der Waals surface area contributed by atoms with Crippen molar-refractivity contribution >= 4 is 39.7 Å². The summed E-state index contributed by atoms with van der Waals surface area (Å²) in [6.45, 7) is 0.479. The number of amides is 1. The molecule has 0 saturated carbocycles. The van der Waals surface area contributed by atoms with Gasteiger partial charge in [0.1, 0.15) is 0 Å². The van der Waals surface area contributed by atoms with E-state index >= 15 is 0 Å². The van der Waals surface area contributed by atoms with Crippen molar-refractivity contribution in [1.29, 1.82) is 0 Å². The highest BCUT2D eigenvalue weighted by atomic mass is 32.1. The summed E-state index contributed by atoms with van der Waals surface area (Å²) in [6.07, 6.45) is 6.30. The molecule has 2 N–H and O–H groups in total. The van der Waals surface area contributed by atoms with E-state index in [2.05, 4.69) is 55.7 Å². The number of rotatable bonds is 7. The molecule has 6 rings (SSSR count). The number of thiocarbonyl (C=S) groups is 1. The van der Waals surface area contributed by atoms with Crippen LogP contribution in [-0.2, 0) is 4.79 Å². The number of para-hydroxylation sites is 1. The van der Waals surface area contributed by atoms with Crippen molar-refractivity contribution in [2.75, 3.05) is 11.9 Å². The third-order valence-corrected chi connectivity index (χ3v) is 7.31. The first-order valence-corrected chi connectivity index (χ1v) is 13.1. The van der Waals surface area contributed by atoms with Gasteiger partial charge in [0.15, 0.2) is 5.11 Å². The van der Waals surface area contributed by atoms with Crippen LogP contribution in [-0.4, -0.2) is 32.0 Å². The highest BCUT2D eigenvalue weighted by molar-refractivity contribution is 7.80. The Hall–Kier alpha value is -4.49. The Morgan fingerprint density at radius 3 is 2.55 bits per heavy atom. The molecule has 0 spiro atoms. The van der Waals surface area contributed by atoms with Gasteiger partial charge in [-0.25, -0.2) is 0 Å².